The summed E-state index contributed by atoms with van der Waals surface area (Å²) in [6.07, 6.45) is 0. The fourth-order valence-electron chi connectivity index (χ4n) is 0. The summed E-state index contributed by atoms with van der Waals surface area (Å²) in [6, 6.07) is 0. The van der Waals surface area contributed by atoms with Crippen LogP contribution in [0.5, 0.6) is 0 Å². The van der Waals surface area contributed by atoms with Crippen LogP contribution in [0.2, 0.25) is 0 Å². The summed E-state index contributed by atoms with van der Waals surface area (Å²) in [4.78, 5) is 8.98. The standard InChI is InChI=1S/CCl2O.2Ce.3O/c2-1(3)4;;;;;/q;2*+3;3*-2. The van der Waals surface area contributed by atoms with Crippen molar-refractivity contribution < 1.29 is 105 Å². The second-order valence-corrected chi connectivity index (χ2v) is 1.11. The van der Waals surface area contributed by atoms with Crippen molar-refractivity contribution >= 4 is 27.9 Å². The first kappa shape index (κ1) is 40.7. The third kappa shape index (κ3) is 103. The Morgan fingerprint density at radius 1 is 0.889 bits per heavy atom. The second-order valence-electron chi connectivity index (χ2n) is 0.226. The summed E-state index contributed by atoms with van der Waals surface area (Å²) in [5.74, 6) is 0. The first-order chi connectivity index (χ1) is 1.73. The monoisotopic (exact) mass is 426 g/mol. The predicted octanol–water partition coefficient (Wildman–Crippen LogP) is 1.23. The zero-order valence-corrected chi connectivity index (χ0v) is 11.7. The topological polar surface area (TPSA) is 103 Å². The van der Waals surface area contributed by atoms with Crippen LogP contribution < -0.4 is 0 Å². The molecule has 0 bridgehead atoms. The van der Waals surface area contributed by atoms with E-state index in [1.54, 1.807) is 0 Å². The maximum Gasteiger partial charge on any atom is 3.00 e. The van der Waals surface area contributed by atoms with Crippen molar-refractivity contribution in [3.63, 3.8) is 0 Å². The number of halogens is 2. The van der Waals surface area contributed by atoms with Crippen molar-refractivity contribution in [3.8, 4) is 0 Å². The molecule has 0 aliphatic rings. The minimum Gasteiger partial charge on any atom is -2.00 e. The van der Waals surface area contributed by atoms with Gasteiger partial charge in [-0.1, -0.05) is 0 Å². The Labute approximate surface area is 130 Å². The first-order valence-electron chi connectivity index (χ1n) is 0.582. The number of rotatable bonds is 0. The molecule has 9 heavy (non-hydrogen) atoms. The molecule has 2 radical (unpaired) electrons. The Balaban J connectivity index is -0.00000000450. The molecule has 0 N–H and O–H groups in total. The Hall–Kier alpha value is 2.88. The van der Waals surface area contributed by atoms with Crippen LogP contribution in [-0.2, 0) is 16.4 Å². The molecule has 0 atom stereocenters. The van der Waals surface area contributed by atoms with Crippen molar-refractivity contribution in [2.75, 3.05) is 0 Å². The van der Waals surface area contributed by atoms with Crippen LogP contribution in [0.4, 0.5) is 4.79 Å². The smallest absolute Gasteiger partial charge is 2.00 e. The van der Waals surface area contributed by atoms with Gasteiger partial charge in [-0.05, 0) is 23.2 Å². The van der Waals surface area contributed by atoms with Gasteiger partial charge < -0.3 is 16.4 Å². The third-order valence-corrected chi connectivity index (χ3v) is 0. The van der Waals surface area contributed by atoms with Crippen LogP contribution >= 0.6 is 23.2 Å². The van der Waals surface area contributed by atoms with Crippen LogP contribution in [0.15, 0.2) is 0 Å². The molecule has 0 aromatic carbocycles. The minimum absolute atomic E-state index is 0. The van der Waals surface area contributed by atoms with Gasteiger partial charge in [-0.3, -0.25) is 4.79 Å². The minimum atomic E-state index is -0.889. The zero-order chi connectivity index (χ0) is 3.58. The van der Waals surface area contributed by atoms with Crippen molar-refractivity contribution in [1.29, 1.82) is 0 Å². The van der Waals surface area contributed by atoms with E-state index in [0.29, 0.717) is 0 Å². The average molecular weight is 427 g/mol. The van der Waals surface area contributed by atoms with E-state index in [0.717, 1.165) is 0 Å². The fourth-order valence-corrected chi connectivity index (χ4v) is 0. The fraction of sp³-hybridized carbons (Fsp3) is 0. The van der Waals surface area contributed by atoms with Crippen LogP contribution in [0.25, 0.3) is 0 Å². The molecule has 0 fully saturated rings. The van der Waals surface area contributed by atoms with Crippen molar-refractivity contribution in [2.45, 2.75) is 0 Å². The molecule has 0 spiro atoms. The molecule has 0 heterocycles. The maximum atomic E-state index is 8.98. The molecular formula is CCe2Cl2O4. The number of carbonyl (C=O) groups is 1. The van der Waals surface area contributed by atoms with Gasteiger partial charge in [0.05, 0.1) is 0 Å². The van der Waals surface area contributed by atoms with Gasteiger partial charge in [0.2, 0.25) is 0 Å². The molecule has 0 rings (SSSR count). The average Bonchev–Trinajstić information content (AvgIpc) is 0.811. The molecular weight excluding hydrogens is 427 g/mol. The quantitative estimate of drug-likeness (QED) is 0.534. The van der Waals surface area contributed by atoms with E-state index in [1.807, 2.05) is 0 Å². The van der Waals surface area contributed by atoms with Gasteiger partial charge in [0, 0.05) is 0 Å². The zero-order valence-electron chi connectivity index (χ0n) is 3.89. The van der Waals surface area contributed by atoms with E-state index < -0.39 is 4.70 Å². The van der Waals surface area contributed by atoms with Crippen LogP contribution in [0, 0.1) is 83.5 Å². The summed E-state index contributed by atoms with van der Waals surface area (Å²) in [7, 11) is 0. The summed E-state index contributed by atoms with van der Waals surface area (Å²) in [5.41, 5.74) is 0. The van der Waals surface area contributed by atoms with Crippen LogP contribution in [0.1, 0.15) is 0 Å². The Kier molecular flexibility index (Phi) is 139. The summed E-state index contributed by atoms with van der Waals surface area (Å²) in [6.45, 7) is 0. The predicted molar refractivity (Wildman–Crippen MR) is 19.2 cm³/mol. The molecule has 50 valence electrons. The number of hydrogen-bond acceptors (Lipinski definition) is 1. The van der Waals surface area contributed by atoms with E-state index in [-0.39, 0.29) is 99.9 Å². The largest absolute Gasteiger partial charge is 3.00 e. The van der Waals surface area contributed by atoms with Gasteiger partial charge in [0.1, 0.15) is 0 Å². The second kappa shape index (κ2) is 30.7. The van der Waals surface area contributed by atoms with E-state index in [9.17, 15) is 0 Å². The molecule has 0 amide bonds. The van der Waals surface area contributed by atoms with Crippen molar-refractivity contribution in [3.05, 3.63) is 0 Å². The summed E-state index contributed by atoms with van der Waals surface area (Å²) in [5, 5.41) is 0. The van der Waals surface area contributed by atoms with Crippen molar-refractivity contribution in [1.82, 2.24) is 0 Å². The molecule has 0 saturated carbocycles. The summed E-state index contributed by atoms with van der Waals surface area (Å²) < 4.78 is -0.889. The van der Waals surface area contributed by atoms with Gasteiger partial charge in [0.15, 0.2) is 0 Å². The molecule has 0 aliphatic heterocycles. The molecule has 0 saturated heterocycles. The van der Waals surface area contributed by atoms with Crippen LogP contribution in [0.3, 0.4) is 0 Å². The van der Waals surface area contributed by atoms with E-state index in [1.165, 1.54) is 0 Å². The first-order valence-corrected chi connectivity index (χ1v) is 1.34. The molecule has 4 nitrogen and oxygen atoms in total. The Morgan fingerprint density at radius 2 is 0.889 bits per heavy atom. The molecule has 0 aliphatic carbocycles. The normalized spacial score (nSPS) is 2.89. The molecule has 0 aromatic heterocycles. The van der Waals surface area contributed by atoms with Gasteiger partial charge in [0.25, 0.3) is 0 Å². The molecule has 0 aromatic rings. The number of hydrogen-bond donors (Lipinski definition) is 0. The van der Waals surface area contributed by atoms with Gasteiger partial charge in [-0.2, -0.15) is 0 Å². The van der Waals surface area contributed by atoms with Gasteiger partial charge in [-0.25, -0.2) is 0 Å². The van der Waals surface area contributed by atoms with E-state index in [4.69, 9.17) is 4.79 Å². The van der Waals surface area contributed by atoms with E-state index >= 15 is 0 Å². The maximum absolute atomic E-state index is 8.98. The Morgan fingerprint density at radius 3 is 0.889 bits per heavy atom. The Bertz CT molecular complexity index is 39.5. The van der Waals surface area contributed by atoms with Gasteiger partial charge in [-0.15, -0.1) is 0 Å². The number of carbonyl (C=O) groups excluding carboxylic acids is 1. The van der Waals surface area contributed by atoms with Crippen LogP contribution in [-0.4, -0.2) is 4.70 Å². The van der Waals surface area contributed by atoms with Crippen molar-refractivity contribution in [2.24, 2.45) is 0 Å². The van der Waals surface area contributed by atoms with E-state index in [2.05, 4.69) is 23.2 Å². The summed E-state index contributed by atoms with van der Waals surface area (Å²) >= 11 is 8.80. The molecule has 8 heteroatoms. The van der Waals surface area contributed by atoms with Gasteiger partial charge >= 0.3 is 88.2 Å². The SMILES string of the molecule is O=C(Cl)Cl.[Ce+3].[Ce+3].[O-2].[O-2].[O-2]. The molecule has 0 unspecified atom stereocenters. The third-order valence-electron chi connectivity index (χ3n) is 0.